The van der Waals surface area contributed by atoms with Crippen LogP contribution in [-0.2, 0) is 6.42 Å². The summed E-state index contributed by atoms with van der Waals surface area (Å²) in [5.74, 6) is 0.726. The Morgan fingerprint density at radius 1 is 1.13 bits per heavy atom. The Morgan fingerprint density at radius 3 is 2.40 bits per heavy atom. The third-order valence-electron chi connectivity index (χ3n) is 2.66. The molecule has 0 amide bonds. The number of hydrogen-bond acceptors (Lipinski definition) is 1. The lowest BCUT2D eigenvalue weighted by atomic mass is 10.0. The van der Waals surface area contributed by atoms with Crippen LogP contribution < -0.4 is 5.32 Å². The molecule has 0 aromatic heterocycles. The Balaban J connectivity index is 2.44. The van der Waals surface area contributed by atoms with Crippen molar-refractivity contribution in [2.75, 3.05) is 6.54 Å². The largest absolute Gasteiger partial charge is 0.314 e. The van der Waals surface area contributed by atoms with Crippen molar-refractivity contribution in [3.63, 3.8) is 0 Å². The molecule has 84 valence electrons. The summed E-state index contributed by atoms with van der Waals surface area (Å²) in [6, 6.07) is 9.20. The zero-order chi connectivity index (χ0) is 11.3. The van der Waals surface area contributed by atoms with Gasteiger partial charge in [0, 0.05) is 6.04 Å². The maximum atomic E-state index is 3.56. The van der Waals surface area contributed by atoms with E-state index in [0.717, 1.165) is 18.9 Å². The summed E-state index contributed by atoms with van der Waals surface area (Å²) in [7, 11) is 0. The molecule has 0 saturated carbocycles. The minimum atomic E-state index is 0.563. The van der Waals surface area contributed by atoms with Gasteiger partial charge in [-0.25, -0.2) is 0 Å². The lowest BCUT2D eigenvalue weighted by Crippen LogP contribution is -2.31. The van der Waals surface area contributed by atoms with Crippen LogP contribution in [0.3, 0.4) is 0 Å². The standard InChI is InChI=1S/C14H23N/c1-11(2)10-15-13(4)9-14-8-6-5-7-12(14)3/h5-8,11,13,15H,9-10H2,1-4H3. The first-order valence-corrected chi connectivity index (χ1v) is 5.87. The molecule has 1 N–H and O–H groups in total. The molecule has 1 aromatic carbocycles. The second kappa shape index (κ2) is 5.92. The highest BCUT2D eigenvalue weighted by Crippen LogP contribution is 2.09. The molecule has 1 heteroatoms. The second-order valence-electron chi connectivity index (χ2n) is 4.83. The Kier molecular flexibility index (Phi) is 4.83. The van der Waals surface area contributed by atoms with E-state index in [1.54, 1.807) is 0 Å². The summed E-state index contributed by atoms with van der Waals surface area (Å²) < 4.78 is 0. The van der Waals surface area contributed by atoms with Gasteiger partial charge in [0.15, 0.2) is 0 Å². The highest BCUT2D eigenvalue weighted by Gasteiger charge is 2.05. The van der Waals surface area contributed by atoms with Crippen LogP contribution in [0.4, 0.5) is 0 Å². The fraction of sp³-hybridized carbons (Fsp3) is 0.571. The van der Waals surface area contributed by atoms with Gasteiger partial charge in [0.1, 0.15) is 0 Å². The van der Waals surface area contributed by atoms with E-state index in [0.29, 0.717) is 6.04 Å². The van der Waals surface area contributed by atoms with Crippen molar-refractivity contribution >= 4 is 0 Å². The summed E-state index contributed by atoms with van der Waals surface area (Å²) in [6.45, 7) is 10.0. The van der Waals surface area contributed by atoms with Crippen molar-refractivity contribution in [3.05, 3.63) is 35.4 Å². The molecule has 1 unspecified atom stereocenters. The van der Waals surface area contributed by atoms with Gasteiger partial charge in [-0.3, -0.25) is 0 Å². The van der Waals surface area contributed by atoms with E-state index in [4.69, 9.17) is 0 Å². The lowest BCUT2D eigenvalue weighted by molar-refractivity contribution is 0.481. The Morgan fingerprint density at radius 2 is 1.80 bits per heavy atom. The van der Waals surface area contributed by atoms with E-state index in [1.807, 2.05) is 0 Å². The van der Waals surface area contributed by atoms with E-state index in [9.17, 15) is 0 Å². The van der Waals surface area contributed by atoms with Gasteiger partial charge in [-0.2, -0.15) is 0 Å². The normalized spacial score (nSPS) is 13.1. The number of aryl methyl sites for hydroxylation is 1. The van der Waals surface area contributed by atoms with Crippen LogP contribution in [-0.4, -0.2) is 12.6 Å². The van der Waals surface area contributed by atoms with Gasteiger partial charge in [0.25, 0.3) is 0 Å². The van der Waals surface area contributed by atoms with E-state index < -0.39 is 0 Å². The molecule has 15 heavy (non-hydrogen) atoms. The molecule has 1 nitrogen and oxygen atoms in total. The van der Waals surface area contributed by atoms with Crippen molar-refractivity contribution in [3.8, 4) is 0 Å². The van der Waals surface area contributed by atoms with Crippen molar-refractivity contribution in [2.45, 2.75) is 40.2 Å². The van der Waals surface area contributed by atoms with Gasteiger partial charge >= 0.3 is 0 Å². The monoisotopic (exact) mass is 205 g/mol. The van der Waals surface area contributed by atoms with Gasteiger partial charge in [-0.1, -0.05) is 38.1 Å². The quantitative estimate of drug-likeness (QED) is 0.778. The molecule has 1 aromatic rings. The number of rotatable bonds is 5. The van der Waals surface area contributed by atoms with E-state index in [-0.39, 0.29) is 0 Å². The highest BCUT2D eigenvalue weighted by atomic mass is 14.9. The van der Waals surface area contributed by atoms with Gasteiger partial charge in [-0.05, 0) is 43.9 Å². The van der Waals surface area contributed by atoms with E-state index in [2.05, 4.69) is 57.3 Å². The topological polar surface area (TPSA) is 12.0 Å². The molecule has 0 aliphatic heterocycles. The molecule has 0 fully saturated rings. The minimum absolute atomic E-state index is 0.563. The van der Waals surface area contributed by atoms with Crippen LogP contribution in [0.25, 0.3) is 0 Å². The predicted molar refractivity (Wildman–Crippen MR) is 67.2 cm³/mol. The van der Waals surface area contributed by atoms with Crippen LogP contribution in [0.5, 0.6) is 0 Å². The molecule has 0 aliphatic carbocycles. The van der Waals surface area contributed by atoms with Crippen molar-refractivity contribution in [1.29, 1.82) is 0 Å². The van der Waals surface area contributed by atoms with Crippen LogP contribution in [0.2, 0.25) is 0 Å². The Labute approximate surface area is 93.9 Å². The molecular formula is C14H23N. The zero-order valence-electron chi connectivity index (χ0n) is 10.4. The fourth-order valence-electron chi connectivity index (χ4n) is 1.68. The third-order valence-corrected chi connectivity index (χ3v) is 2.66. The summed E-state index contributed by atoms with van der Waals surface area (Å²) in [5, 5.41) is 3.56. The first kappa shape index (κ1) is 12.3. The Hall–Kier alpha value is -0.820. The molecule has 0 bridgehead atoms. The van der Waals surface area contributed by atoms with E-state index in [1.165, 1.54) is 11.1 Å². The summed E-state index contributed by atoms with van der Waals surface area (Å²) in [5.41, 5.74) is 2.86. The molecule has 0 heterocycles. The summed E-state index contributed by atoms with van der Waals surface area (Å²) >= 11 is 0. The Bertz CT molecular complexity index is 291. The van der Waals surface area contributed by atoms with Crippen LogP contribution in [0.15, 0.2) is 24.3 Å². The smallest absolute Gasteiger partial charge is 0.00793 e. The molecule has 1 atom stereocenters. The maximum Gasteiger partial charge on any atom is 0.00793 e. The summed E-state index contributed by atoms with van der Waals surface area (Å²) in [6.07, 6.45) is 1.12. The van der Waals surface area contributed by atoms with Gasteiger partial charge in [-0.15, -0.1) is 0 Å². The number of nitrogens with one attached hydrogen (secondary N) is 1. The molecule has 0 radical (unpaired) electrons. The van der Waals surface area contributed by atoms with Crippen molar-refractivity contribution in [1.82, 2.24) is 5.32 Å². The minimum Gasteiger partial charge on any atom is -0.314 e. The van der Waals surface area contributed by atoms with Crippen molar-refractivity contribution in [2.24, 2.45) is 5.92 Å². The molecular weight excluding hydrogens is 182 g/mol. The molecule has 0 spiro atoms. The third kappa shape index (κ3) is 4.48. The van der Waals surface area contributed by atoms with Gasteiger partial charge < -0.3 is 5.32 Å². The zero-order valence-corrected chi connectivity index (χ0v) is 10.4. The van der Waals surface area contributed by atoms with Gasteiger partial charge in [0.2, 0.25) is 0 Å². The maximum absolute atomic E-state index is 3.56. The lowest BCUT2D eigenvalue weighted by Gasteiger charge is -2.16. The number of hydrogen-bond donors (Lipinski definition) is 1. The van der Waals surface area contributed by atoms with Gasteiger partial charge in [0.05, 0.1) is 0 Å². The highest BCUT2D eigenvalue weighted by molar-refractivity contribution is 5.26. The van der Waals surface area contributed by atoms with E-state index >= 15 is 0 Å². The average Bonchev–Trinajstić information content (AvgIpc) is 2.18. The SMILES string of the molecule is Cc1ccccc1CC(C)NCC(C)C. The van der Waals surface area contributed by atoms with Crippen LogP contribution in [0, 0.1) is 12.8 Å². The first-order valence-electron chi connectivity index (χ1n) is 5.87. The predicted octanol–water partition coefficient (Wildman–Crippen LogP) is 3.17. The van der Waals surface area contributed by atoms with Crippen molar-refractivity contribution < 1.29 is 0 Å². The average molecular weight is 205 g/mol. The number of benzene rings is 1. The fourth-order valence-corrected chi connectivity index (χ4v) is 1.68. The first-order chi connectivity index (χ1) is 7.09. The second-order valence-corrected chi connectivity index (χ2v) is 4.83. The molecule has 0 saturated heterocycles. The summed E-state index contributed by atoms with van der Waals surface area (Å²) in [4.78, 5) is 0. The van der Waals surface area contributed by atoms with Crippen LogP contribution >= 0.6 is 0 Å². The van der Waals surface area contributed by atoms with Crippen LogP contribution in [0.1, 0.15) is 31.9 Å². The molecule has 0 aliphatic rings. The molecule has 1 rings (SSSR count).